The summed E-state index contributed by atoms with van der Waals surface area (Å²) >= 11 is 1.35. The van der Waals surface area contributed by atoms with Gasteiger partial charge >= 0.3 is 0 Å². The Morgan fingerprint density at radius 2 is 2.19 bits per heavy atom. The van der Waals surface area contributed by atoms with Crippen LogP contribution >= 0.6 is 11.3 Å². The summed E-state index contributed by atoms with van der Waals surface area (Å²) in [5, 5.41) is 22.9. The lowest BCUT2D eigenvalue weighted by Gasteiger charge is -2.05. The Morgan fingerprint density at radius 3 is 2.86 bits per heavy atom. The zero-order chi connectivity index (χ0) is 15.0. The lowest BCUT2D eigenvalue weighted by Crippen LogP contribution is -2.14. The number of aromatic nitrogens is 2. The van der Waals surface area contributed by atoms with Gasteiger partial charge in [-0.05, 0) is 25.8 Å². The number of nitrogens with zero attached hydrogens (tertiary/aromatic N) is 3. The first-order valence-electron chi connectivity index (χ1n) is 6.45. The fraction of sp³-hybridized carbons (Fsp3) is 0.308. The number of hydrogen-bond donors (Lipinski definition) is 1. The Hall–Kier alpha value is -2.35. The molecule has 1 heterocycles. The average molecular weight is 304 g/mol. The number of rotatable bonds is 4. The molecule has 0 radical (unpaired) electrons. The molecule has 21 heavy (non-hydrogen) atoms. The van der Waals surface area contributed by atoms with Gasteiger partial charge in [-0.3, -0.25) is 20.2 Å². The second kappa shape index (κ2) is 5.21. The van der Waals surface area contributed by atoms with Crippen molar-refractivity contribution in [1.82, 2.24) is 10.2 Å². The van der Waals surface area contributed by atoms with Gasteiger partial charge in [0.05, 0.1) is 4.92 Å². The van der Waals surface area contributed by atoms with E-state index < -0.39 is 10.8 Å². The molecule has 0 bridgehead atoms. The minimum Gasteiger partial charge on any atom is -0.296 e. The van der Waals surface area contributed by atoms with E-state index in [9.17, 15) is 14.9 Å². The van der Waals surface area contributed by atoms with Crippen LogP contribution in [0.15, 0.2) is 18.2 Å². The summed E-state index contributed by atoms with van der Waals surface area (Å²) in [7, 11) is 0. The van der Waals surface area contributed by atoms with Crippen LogP contribution in [0, 0.1) is 17.0 Å². The molecule has 0 aliphatic heterocycles. The number of amides is 1. The van der Waals surface area contributed by atoms with Crippen molar-refractivity contribution in [1.29, 1.82) is 0 Å². The summed E-state index contributed by atoms with van der Waals surface area (Å²) in [6.45, 7) is 1.56. The van der Waals surface area contributed by atoms with Gasteiger partial charge in [0.1, 0.15) is 5.01 Å². The normalized spacial score (nSPS) is 14.0. The Balaban J connectivity index is 1.81. The molecule has 3 rings (SSSR count). The van der Waals surface area contributed by atoms with Crippen LogP contribution in [-0.4, -0.2) is 21.0 Å². The molecule has 2 aromatic rings. The Bertz CT molecular complexity index is 724. The number of nitrogens with one attached hydrogen (secondary N) is 1. The molecule has 108 valence electrons. The summed E-state index contributed by atoms with van der Waals surface area (Å²) in [5.74, 6) is 0.0717. The maximum absolute atomic E-state index is 12.2. The van der Waals surface area contributed by atoms with E-state index in [1.807, 2.05) is 0 Å². The van der Waals surface area contributed by atoms with Crippen LogP contribution in [0.3, 0.4) is 0 Å². The highest BCUT2D eigenvalue weighted by Crippen LogP contribution is 2.42. The van der Waals surface area contributed by atoms with Crippen LogP contribution in [0.1, 0.15) is 39.7 Å². The van der Waals surface area contributed by atoms with Crippen molar-refractivity contribution >= 4 is 28.1 Å². The minimum atomic E-state index is -0.498. The van der Waals surface area contributed by atoms with E-state index in [-0.39, 0.29) is 11.3 Å². The SMILES string of the molecule is Cc1c(C(=O)Nc2nnc(C3CC3)s2)cccc1[N+](=O)[O-]. The Labute approximate surface area is 124 Å². The van der Waals surface area contributed by atoms with E-state index in [0.29, 0.717) is 16.6 Å². The number of anilines is 1. The number of carbonyl (C=O) groups is 1. The summed E-state index contributed by atoms with van der Waals surface area (Å²) in [4.78, 5) is 22.6. The fourth-order valence-corrected chi connectivity index (χ4v) is 2.92. The maximum Gasteiger partial charge on any atom is 0.273 e. The quantitative estimate of drug-likeness (QED) is 0.691. The molecule has 1 aromatic heterocycles. The molecule has 7 nitrogen and oxygen atoms in total. The van der Waals surface area contributed by atoms with E-state index >= 15 is 0 Å². The van der Waals surface area contributed by atoms with Gasteiger partial charge in [0.15, 0.2) is 0 Å². The third kappa shape index (κ3) is 2.75. The van der Waals surface area contributed by atoms with Crippen LogP contribution in [0.5, 0.6) is 0 Å². The topological polar surface area (TPSA) is 98.0 Å². The van der Waals surface area contributed by atoms with Crippen molar-refractivity contribution in [3.8, 4) is 0 Å². The highest BCUT2D eigenvalue weighted by molar-refractivity contribution is 7.15. The number of nitro groups is 1. The molecule has 0 saturated heterocycles. The summed E-state index contributed by atoms with van der Waals surface area (Å²) in [6.07, 6.45) is 2.24. The van der Waals surface area contributed by atoms with Crippen LogP contribution in [-0.2, 0) is 0 Å². The second-order valence-corrected chi connectivity index (χ2v) is 5.89. The molecule has 0 atom stereocenters. The fourth-order valence-electron chi connectivity index (χ4n) is 2.01. The first-order valence-corrected chi connectivity index (χ1v) is 7.26. The zero-order valence-electron chi connectivity index (χ0n) is 11.2. The Morgan fingerprint density at radius 1 is 1.43 bits per heavy atom. The lowest BCUT2D eigenvalue weighted by molar-refractivity contribution is -0.385. The molecular formula is C13H12N4O3S. The van der Waals surface area contributed by atoms with E-state index in [0.717, 1.165) is 17.8 Å². The van der Waals surface area contributed by atoms with Gasteiger partial charge in [-0.1, -0.05) is 17.4 Å². The Kier molecular flexibility index (Phi) is 3.38. The molecule has 1 aliphatic rings. The number of benzene rings is 1. The number of hydrogen-bond acceptors (Lipinski definition) is 6. The number of nitro benzene ring substituents is 1. The summed E-state index contributed by atoms with van der Waals surface area (Å²) in [6, 6.07) is 4.43. The first-order chi connectivity index (χ1) is 10.1. The molecule has 1 aromatic carbocycles. The van der Waals surface area contributed by atoms with Gasteiger partial charge in [0, 0.05) is 23.1 Å². The van der Waals surface area contributed by atoms with Gasteiger partial charge in [-0.15, -0.1) is 10.2 Å². The predicted molar refractivity (Wildman–Crippen MR) is 77.7 cm³/mol. The monoisotopic (exact) mass is 304 g/mol. The lowest BCUT2D eigenvalue weighted by atomic mass is 10.1. The molecule has 1 saturated carbocycles. The third-order valence-electron chi connectivity index (χ3n) is 3.33. The highest BCUT2D eigenvalue weighted by Gasteiger charge is 2.28. The minimum absolute atomic E-state index is 0.0708. The molecule has 1 N–H and O–H groups in total. The zero-order valence-corrected chi connectivity index (χ0v) is 12.0. The molecule has 0 unspecified atom stereocenters. The molecular weight excluding hydrogens is 292 g/mol. The van der Waals surface area contributed by atoms with Crippen molar-refractivity contribution in [2.45, 2.75) is 25.7 Å². The van der Waals surface area contributed by atoms with Gasteiger partial charge in [0.2, 0.25) is 5.13 Å². The first kappa shape index (κ1) is 13.6. The van der Waals surface area contributed by atoms with Crippen LogP contribution in [0.4, 0.5) is 10.8 Å². The van der Waals surface area contributed by atoms with Gasteiger partial charge in [-0.25, -0.2) is 0 Å². The molecule has 1 fully saturated rings. The van der Waals surface area contributed by atoms with Crippen molar-refractivity contribution in [2.24, 2.45) is 0 Å². The average Bonchev–Trinajstić information content (AvgIpc) is 3.19. The molecule has 0 spiro atoms. The van der Waals surface area contributed by atoms with Crippen LogP contribution in [0.2, 0.25) is 0 Å². The molecule has 8 heteroatoms. The van der Waals surface area contributed by atoms with E-state index in [4.69, 9.17) is 0 Å². The third-order valence-corrected chi connectivity index (χ3v) is 4.34. The van der Waals surface area contributed by atoms with Crippen molar-refractivity contribution in [3.63, 3.8) is 0 Å². The summed E-state index contributed by atoms with van der Waals surface area (Å²) < 4.78 is 0. The van der Waals surface area contributed by atoms with Gasteiger partial charge in [-0.2, -0.15) is 0 Å². The summed E-state index contributed by atoms with van der Waals surface area (Å²) in [5.41, 5.74) is 0.540. The van der Waals surface area contributed by atoms with Crippen LogP contribution < -0.4 is 5.32 Å². The standard InChI is InChI=1S/C13H12N4O3S/c1-7-9(3-2-4-10(7)17(19)20)11(18)14-13-16-15-12(21-13)8-5-6-8/h2-4,8H,5-6H2,1H3,(H,14,16,18). The largest absolute Gasteiger partial charge is 0.296 e. The van der Waals surface area contributed by atoms with Gasteiger partial charge < -0.3 is 0 Å². The molecule has 1 aliphatic carbocycles. The van der Waals surface area contributed by atoms with Gasteiger partial charge in [0.25, 0.3) is 11.6 Å². The van der Waals surface area contributed by atoms with Crippen molar-refractivity contribution in [2.75, 3.05) is 5.32 Å². The van der Waals surface area contributed by atoms with E-state index in [1.54, 1.807) is 13.0 Å². The number of carbonyl (C=O) groups excluding carboxylic acids is 1. The highest BCUT2D eigenvalue weighted by atomic mass is 32.1. The second-order valence-electron chi connectivity index (χ2n) is 4.88. The smallest absolute Gasteiger partial charge is 0.273 e. The molecule has 1 amide bonds. The maximum atomic E-state index is 12.2. The predicted octanol–water partition coefficient (Wildman–Crippen LogP) is 2.88. The van der Waals surface area contributed by atoms with E-state index in [2.05, 4.69) is 15.5 Å². The van der Waals surface area contributed by atoms with Crippen LogP contribution in [0.25, 0.3) is 0 Å². The van der Waals surface area contributed by atoms with E-state index in [1.165, 1.54) is 23.5 Å². The van der Waals surface area contributed by atoms with Crippen molar-refractivity contribution < 1.29 is 9.72 Å². The van der Waals surface area contributed by atoms with Crippen molar-refractivity contribution in [3.05, 3.63) is 44.4 Å².